The second-order valence-corrected chi connectivity index (χ2v) is 6.30. The predicted molar refractivity (Wildman–Crippen MR) is 85.7 cm³/mol. The Labute approximate surface area is 127 Å². The monoisotopic (exact) mass is 298 g/mol. The van der Waals surface area contributed by atoms with Gasteiger partial charge >= 0.3 is 0 Å². The zero-order valence-electron chi connectivity index (χ0n) is 12.8. The lowest BCUT2D eigenvalue weighted by Gasteiger charge is -2.32. The number of rotatable bonds is 7. The van der Waals surface area contributed by atoms with E-state index in [1.165, 1.54) is 0 Å². The molecule has 0 aliphatic rings. The molecule has 0 saturated carbocycles. The van der Waals surface area contributed by atoms with E-state index >= 15 is 0 Å². The molecule has 114 valence electrons. The van der Waals surface area contributed by atoms with E-state index in [4.69, 9.17) is 17.0 Å². The lowest BCUT2D eigenvalue weighted by atomic mass is 9.87. The molecular weight excluding hydrogens is 272 g/mol. The van der Waals surface area contributed by atoms with Gasteiger partial charge in [-0.3, -0.25) is 4.68 Å². The molecule has 0 radical (unpaired) electrons. The maximum atomic E-state index is 5.35. The van der Waals surface area contributed by atoms with Crippen molar-refractivity contribution in [2.24, 2.45) is 5.41 Å². The van der Waals surface area contributed by atoms with Crippen LogP contribution in [0.15, 0.2) is 18.5 Å². The summed E-state index contributed by atoms with van der Waals surface area (Å²) < 4.78 is 6.94. The third kappa shape index (κ3) is 6.34. The van der Waals surface area contributed by atoms with Crippen LogP contribution in [0.1, 0.15) is 27.2 Å². The topological polar surface area (TPSA) is 51.1 Å². The second kappa shape index (κ2) is 8.21. The fourth-order valence-corrected chi connectivity index (χ4v) is 2.00. The van der Waals surface area contributed by atoms with Crippen LogP contribution in [0.5, 0.6) is 0 Å². The maximum Gasteiger partial charge on any atom is 0.166 e. The molecule has 0 saturated heterocycles. The number of aromatic nitrogens is 2. The Morgan fingerprint density at radius 2 is 2.20 bits per heavy atom. The van der Waals surface area contributed by atoms with Gasteiger partial charge < -0.3 is 15.4 Å². The summed E-state index contributed by atoms with van der Waals surface area (Å²) in [6.07, 6.45) is 4.70. The fraction of sp³-hybridized carbons (Fsp3) is 0.714. The number of ether oxygens (including phenoxy) is 1. The van der Waals surface area contributed by atoms with Crippen molar-refractivity contribution in [1.29, 1.82) is 0 Å². The van der Waals surface area contributed by atoms with Crippen LogP contribution in [0.3, 0.4) is 0 Å². The van der Waals surface area contributed by atoms with Gasteiger partial charge in [-0.1, -0.05) is 20.8 Å². The first kappa shape index (κ1) is 16.9. The minimum Gasteiger partial charge on any atom is -0.385 e. The van der Waals surface area contributed by atoms with E-state index in [2.05, 4.69) is 36.5 Å². The summed E-state index contributed by atoms with van der Waals surface area (Å²) in [4.78, 5) is 0. The third-order valence-electron chi connectivity index (χ3n) is 3.09. The summed E-state index contributed by atoms with van der Waals surface area (Å²) in [5, 5.41) is 11.5. The van der Waals surface area contributed by atoms with E-state index in [1.54, 1.807) is 13.3 Å². The first-order valence-corrected chi connectivity index (χ1v) is 7.35. The molecule has 0 bridgehead atoms. The van der Waals surface area contributed by atoms with E-state index in [9.17, 15) is 0 Å². The van der Waals surface area contributed by atoms with Crippen LogP contribution in [0.2, 0.25) is 0 Å². The minimum atomic E-state index is 0.0875. The standard InChI is InChI=1S/C14H26N4OS/c1-14(2,3)12(11-18-9-5-8-16-18)17-13(20)15-7-6-10-19-4/h5,8-9,12H,6-7,10-11H2,1-4H3,(H2,15,17,20). The van der Waals surface area contributed by atoms with Gasteiger partial charge in [-0.15, -0.1) is 0 Å². The quantitative estimate of drug-likeness (QED) is 0.594. The van der Waals surface area contributed by atoms with Gasteiger partial charge in [0, 0.05) is 32.7 Å². The van der Waals surface area contributed by atoms with E-state index in [0.29, 0.717) is 5.11 Å². The van der Waals surface area contributed by atoms with Gasteiger partial charge in [0.1, 0.15) is 0 Å². The van der Waals surface area contributed by atoms with Crippen LogP contribution in [0, 0.1) is 5.41 Å². The average Bonchev–Trinajstić information content (AvgIpc) is 2.86. The number of hydrogen-bond acceptors (Lipinski definition) is 3. The normalized spacial score (nSPS) is 13.0. The molecule has 1 rings (SSSR count). The summed E-state index contributed by atoms with van der Waals surface area (Å²) >= 11 is 5.35. The first-order chi connectivity index (χ1) is 9.43. The van der Waals surface area contributed by atoms with Crippen molar-refractivity contribution < 1.29 is 4.74 Å². The van der Waals surface area contributed by atoms with Crippen LogP contribution in [0.25, 0.3) is 0 Å². The van der Waals surface area contributed by atoms with E-state index in [-0.39, 0.29) is 11.5 Å². The van der Waals surface area contributed by atoms with Gasteiger partial charge in [-0.2, -0.15) is 5.10 Å². The van der Waals surface area contributed by atoms with Crippen LogP contribution in [-0.4, -0.2) is 41.2 Å². The molecule has 1 aromatic rings. The van der Waals surface area contributed by atoms with Crippen LogP contribution in [-0.2, 0) is 11.3 Å². The molecule has 0 fully saturated rings. The molecule has 1 unspecified atom stereocenters. The summed E-state index contributed by atoms with van der Waals surface area (Å²) in [5.74, 6) is 0. The highest BCUT2D eigenvalue weighted by molar-refractivity contribution is 7.80. The summed E-state index contributed by atoms with van der Waals surface area (Å²) in [6.45, 7) is 8.94. The molecule has 0 aliphatic carbocycles. The van der Waals surface area contributed by atoms with Crippen molar-refractivity contribution >= 4 is 17.3 Å². The van der Waals surface area contributed by atoms with E-state index in [0.717, 1.165) is 26.1 Å². The van der Waals surface area contributed by atoms with E-state index in [1.807, 2.05) is 16.9 Å². The van der Waals surface area contributed by atoms with Gasteiger partial charge in [0.15, 0.2) is 5.11 Å². The van der Waals surface area contributed by atoms with Gasteiger partial charge in [0.05, 0.1) is 12.6 Å². The van der Waals surface area contributed by atoms with Crippen LogP contribution in [0.4, 0.5) is 0 Å². The van der Waals surface area contributed by atoms with Gasteiger partial charge in [-0.25, -0.2) is 0 Å². The Morgan fingerprint density at radius 3 is 2.75 bits per heavy atom. The number of thiocarbonyl (C=S) groups is 1. The van der Waals surface area contributed by atoms with Gasteiger partial charge in [0.2, 0.25) is 0 Å². The molecule has 0 amide bonds. The van der Waals surface area contributed by atoms with Crippen molar-refractivity contribution in [2.45, 2.75) is 39.8 Å². The number of hydrogen-bond donors (Lipinski definition) is 2. The number of nitrogens with one attached hydrogen (secondary N) is 2. The Bertz CT molecular complexity index is 386. The molecule has 2 N–H and O–H groups in total. The summed E-state index contributed by atoms with van der Waals surface area (Å²) in [6, 6.07) is 2.14. The molecule has 0 aromatic carbocycles. The lowest BCUT2D eigenvalue weighted by Crippen LogP contribution is -2.50. The smallest absolute Gasteiger partial charge is 0.166 e. The van der Waals surface area contributed by atoms with Crippen molar-refractivity contribution in [1.82, 2.24) is 20.4 Å². The summed E-state index contributed by atoms with van der Waals surface area (Å²) in [5.41, 5.74) is 0.0875. The summed E-state index contributed by atoms with van der Waals surface area (Å²) in [7, 11) is 1.70. The molecule has 20 heavy (non-hydrogen) atoms. The van der Waals surface area contributed by atoms with Crippen LogP contribution < -0.4 is 10.6 Å². The Kier molecular flexibility index (Phi) is 6.95. The largest absolute Gasteiger partial charge is 0.385 e. The highest BCUT2D eigenvalue weighted by Gasteiger charge is 2.25. The molecule has 1 aromatic heterocycles. The lowest BCUT2D eigenvalue weighted by molar-refractivity contribution is 0.195. The number of nitrogens with zero attached hydrogens (tertiary/aromatic N) is 2. The second-order valence-electron chi connectivity index (χ2n) is 5.89. The molecular formula is C14H26N4OS. The van der Waals surface area contributed by atoms with Crippen molar-refractivity contribution in [2.75, 3.05) is 20.3 Å². The zero-order valence-corrected chi connectivity index (χ0v) is 13.7. The van der Waals surface area contributed by atoms with Gasteiger partial charge in [0.25, 0.3) is 0 Å². The SMILES string of the molecule is COCCCNC(=S)NC(Cn1cccn1)C(C)(C)C. The highest BCUT2D eigenvalue weighted by Crippen LogP contribution is 2.20. The van der Waals surface area contributed by atoms with Gasteiger partial charge in [-0.05, 0) is 30.1 Å². The van der Waals surface area contributed by atoms with E-state index < -0.39 is 0 Å². The highest BCUT2D eigenvalue weighted by atomic mass is 32.1. The molecule has 5 nitrogen and oxygen atoms in total. The Hall–Kier alpha value is -1.14. The Morgan fingerprint density at radius 1 is 1.45 bits per heavy atom. The first-order valence-electron chi connectivity index (χ1n) is 6.94. The molecule has 0 spiro atoms. The molecule has 1 heterocycles. The predicted octanol–water partition coefficient (Wildman–Crippen LogP) is 1.80. The molecule has 0 aliphatic heterocycles. The Balaban J connectivity index is 2.46. The fourth-order valence-electron chi connectivity index (χ4n) is 1.76. The minimum absolute atomic E-state index is 0.0875. The maximum absolute atomic E-state index is 5.35. The molecule has 1 atom stereocenters. The third-order valence-corrected chi connectivity index (χ3v) is 3.35. The van der Waals surface area contributed by atoms with Crippen molar-refractivity contribution in [3.05, 3.63) is 18.5 Å². The van der Waals surface area contributed by atoms with Crippen molar-refractivity contribution in [3.63, 3.8) is 0 Å². The number of methoxy groups -OCH3 is 1. The van der Waals surface area contributed by atoms with Crippen molar-refractivity contribution in [3.8, 4) is 0 Å². The average molecular weight is 298 g/mol. The molecule has 6 heteroatoms. The zero-order chi connectivity index (χ0) is 15.0. The van der Waals surface area contributed by atoms with Crippen LogP contribution >= 0.6 is 12.2 Å².